The number of hydrogen-bond acceptors (Lipinski definition) is 5. The average molecular weight is 350 g/mol. The third-order valence-electron chi connectivity index (χ3n) is 2.96. The standard InChI is InChI=1S/C16H12ClNO2S2/c1-10-2-3-13(17)14(6-10)20-15(19)7-12-9-22-16(18-12)11-4-5-21-8-11/h2-6,8-9H,7H2,1H3. The zero-order valence-electron chi connectivity index (χ0n) is 11.7. The molecule has 6 heteroatoms. The van der Waals surface area contributed by atoms with Crippen LogP contribution < -0.4 is 4.74 Å². The largest absolute Gasteiger partial charge is 0.425 e. The van der Waals surface area contributed by atoms with Crippen molar-refractivity contribution in [2.45, 2.75) is 13.3 Å². The fourth-order valence-electron chi connectivity index (χ4n) is 1.90. The molecule has 0 N–H and O–H groups in total. The lowest BCUT2D eigenvalue weighted by Gasteiger charge is -2.06. The van der Waals surface area contributed by atoms with Crippen molar-refractivity contribution in [3.8, 4) is 16.3 Å². The lowest BCUT2D eigenvalue weighted by molar-refractivity contribution is -0.133. The van der Waals surface area contributed by atoms with E-state index in [1.54, 1.807) is 23.5 Å². The van der Waals surface area contributed by atoms with Gasteiger partial charge in [0.25, 0.3) is 0 Å². The normalized spacial score (nSPS) is 10.6. The van der Waals surface area contributed by atoms with Crippen LogP contribution in [0.4, 0.5) is 0 Å². The maximum absolute atomic E-state index is 12.0. The topological polar surface area (TPSA) is 39.2 Å². The van der Waals surface area contributed by atoms with Crippen molar-refractivity contribution < 1.29 is 9.53 Å². The SMILES string of the molecule is Cc1ccc(Cl)c(OC(=O)Cc2csc(-c3ccsc3)n2)c1. The Morgan fingerprint density at radius 3 is 2.95 bits per heavy atom. The van der Waals surface area contributed by atoms with Gasteiger partial charge >= 0.3 is 5.97 Å². The molecule has 0 aliphatic heterocycles. The van der Waals surface area contributed by atoms with E-state index < -0.39 is 0 Å². The first kappa shape index (κ1) is 15.2. The van der Waals surface area contributed by atoms with Crippen molar-refractivity contribution in [2.24, 2.45) is 0 Å². The number of esters is 1. The van der Waals surface area contributed by atoms with E-state index in [1.165, 1.54) is 11.3 Å². The smallest absolute Gasteiger partial charge is 0.317 e. The summed E-state index contributed by atoms with van der Waals surface area (Å²) in [5, 5.41) is 7.26. The molecule has 3 nitrogen and oxygen atoms in total. The van der Waals surface area contributed by atoms with Crippen molar-refractivity contribution in [2.75, 3.05) is 0 Å². The molecule has 0 aliphatic rings. The van der Waals surface area contributed by atoms with Crippen LogP contribution in [0.5, 0.6) is 5.75 Å². The fraction of sp³-hybridized carbons (Fsp3) is 0.125. The van der Waals surface area contributed by atoms with Gasteiger partial charge in [0, 0.05) is 16.3 Å². The summed E-state index contributed by atoms with van der Waals surface area (Å²) in [4.78, 5) is 16.5. The molecule has 0 saturated carbocycles. The molecule has 2 aromatic heterocycles. The van der Waals surface area contributed by atoms with Gasteiger partial charge in [-0.05, 0) is 36.1 Å². The van der Waals surface area contributed by atoms with Gasteiger partial charge in [0.2, 0.25) is 0 Å². The third kappa shape index (κ3) is 3.55. The second-order valence-corrected chi connectivity index (χ2v) is 6.79. The number of thiophene rings is 1. The quantitative estimate of drug-likeness (QED) is 0.492. The van der Waals surface area contributed by atoms with E-state index >= 15 is 0 Å². The highest BCUT2D eigenvalue weighted by Gasteiger charge is 2.13. The first-order valence-corrected chi connectivity index (χ1v) is 8.75. The van der Waals surface area contributed by atoms with Crippen LogP contribution in [0.2, 0.25) is 5.02 Å². The van der Waals surface area contributed by atoms with Crippen LogP contribution in [0.15, 0.2) is 40.4 Å². The monoisotopic (exact) mass is 349 g/mol. The minimum absolute atomic E-state index is 0.130. The lowest BCUT2D eigenvalue weighted by Crippen LogP contribution is -2.11. The molecule has 0 spiro atoms. The fourth-order valence-corrected chi connectivity index (χ4v) is 3.59. The van der Waals surface area contributed by atoms with E-state index in [2.05, 4.69) is 4.98 Å². The van der Waals surface area contributed by atoms with Gasteiger partial charge in [0.1, 0.15) is 10.8 Å². The summed E-state index contributed by atoms with van der Waals surface area (Å²) in [6.45, 7) is 1.92. The molecule has 112 valence electrons. The molecule has 0 aliphatic carbocycles. The Kier molecular flexibility index (Phi) is 4.57. The van der Waals surface area contributed by atoms with Crippen LogP contribution in [0.1, 0.15) is 11.3 Å². The van der Waals surface area contributed by atoms with E-state index in [4.69, 9.17) is 16.3 Å². The van der Waals surface area contributed by atoms with E-state index in [0.717, 1.165) is 16.1 Å². The second-order valence-electron chi connectivity index (χ2n) is 4.74. The number of carbonyl (C=O) groups is 1. The van der Waals surface area contributed by atoms with Gasteiger partial charge in [-0.3, -0.25) is 4.79 Å². The number of carbonyl (C=O) groups excluding carboxylic acids is 1. The maximum atomic E-state index is 12.0. The summed E-state index contributed by atoms with van der Waals surface area (Å²) < 4.78 is 5.33. The minimum atomic E-state index is -0.366. The number of aromatic nitrogens is 1. The zero-order chi connectivity index (χ0) is 15.5. The van der Waals surface area contributed by atoms with Gasteiger partial charge in [-0.15, -0.1) is 11.3 Å². The average Bonchev–Trinajstić information content (AvgIpc) is 3.13. The van der Waals surface area contributed by atoms with Crippen LogP contribution in [0.25, 0.3) is 10.6 Å². The van der Waals surface area contributed by atoms with Crippen LogP contribution in [0, 0.1) is 6.92 Å². The Morgan fingerprint density at radius 1 is 1.32 bits per heavy atom. The van der Waals surface area contributed by atoms with Crippen LogP contribution in [-0.4, -0.2) is 11.0 Å². The predicted molar refractivity (Wildman–Crippen MR) is 91.0 cm³/mol. The van der Waals surface area contributed by atoms with Crippen molar-refractivity contribution in [1.82, 2.24) is 4.98 Å². The molecule has 0 bridgehead atoms. The summed E-state index contributed by atoms with van der Waals surface area (Å²) in [6.07, 6.45) is 0.130. The maximum Gasteiger partial charge on any atom is 0.317 e. The lowest BCUT2D eigenvalue weighted by atomic mass is 10.2. The Hall–Kier alpha value is -1.69. The third-order valence-corrected chi connectivity index (χ3v) is 4.89. The summed E-state index contributed by atoms with van der Waals surface area (Å²) in [5.74, 6) is 0.0228. The van der Waals surface area contributed by atoms with Crippen LogP contribution >= 0.6 is 34.3 Å². The molecule has 0 unspecified atom stereocenters. The Balaban J connectivity index is 1.68. The summed E-state index contributed by atoms with van der Waals surface area (Å²) in [7, 11) is 0. The highest BCUT2D eigenvalue weighted by atomic mass is 35.5. The molecule has 0 fully saturated rings. The summed E-state index contributed by atoms with van der Waals surface area (Å²) in [5.41, 5.74) is 2.77. The van der Waals surface area contributed by atoms with Gasteiger partial charge in [0.15, 0.2) is 0 Å². The summed E-state index contributed by atoms with van der Waals surface area (Å²) >= 11 is 9.17. The number of rotatable bonds is 4. The van der Waals surface area contributed by atoms with Crippen molar-refractivity contribution in [3.05, 3.63) is 56.7 Å². The highest BCUT2D eigenvalue weighted by molar-refractivity contribution is 7.14. The Labute approximate surface area is 141 Å². The molecule has 22 heavy (non-hydrogen) atoms. The van der Waals surface area contributed by atoms with E-state index in [1.807, 2.05) is 35.2 Å². The predicted octanol–water partition coefficient (Wildman–Crippen LogP) is 4.98. The van der Waals surface area contributed by atoms with Gasteiger partial charge in [-0.2, -0.15) is 11.3 Å². The summed E-state index contributed by atoms with van der Waals surface area (Å²) in [6, 6.07) is 7.35. The minimum Gasteiger partial charge on any atom is -0.425 e. The molecule has 2 heterocycles. The number of thiazole rings is 1. The van der Waals surface area contributed by atoms with Crippen molar-refractivity contribution in [1.29, 1.82) is 0 Å². The number of nitrogens with zero attached hydrogens (tertiary/aromatic N) is 1. The number of halogens is 1. The van der Waals surface area contributed by atoms with E-state index in [0.29, 0.717) is 16.5 Å². The molecular formula is C16H12ClNO2S2. The molecule has 0 atom stereocenters. The number of aryl methyl sites for hydroxylation is 1. The molecule has 3 aromatic rings. The first-order chi connectivity index (χ1) is 10.6. The molecule has 0 amide bonds. The molecule has 0 radical (unpaired) electrons. The molecule has 3 rings (SSSR count). The van der Waals surface area contributed by atoms with E-state index in [-0.39, 0.29) is 12.4 Å². The molecule has 1 aromatic carbocycles. The van der Waals surface area contributed by atoms with Crippen molar-refractivity contribution in [3.63, 3.8) is 0 Å². The zero-order valence-corrected chi connectivity index (χ0v) is 14.1. The number of hydrogen-bond donors (Lipinski definition) is 0. The molecule has 0 saturated heterocycles. The molecular weight excluding hydrogens is 338 g/mol. The van der Waals surface area contributed by atoms with Gasteiger partial charge in [-0.25, -0.2) is 4.98 Å². The van der Waals surface area contributed by atoms with Gasteiger partial charge in [0.05, 0.1) is 17.1 Å². The van der Waals surface area contributed by atoms with Crippen molar-refractivity contribution >= 4 is 40.2 Å². The second kappa shape index (κ2) is 6.60. The number of benzene rings is 1. The van der Waals surface area contributed by atoms with Gasteiger partial charge in [-0.1, -0.05) is 17.7 Å². The van der Waals surface area contributed by atoms with Crippen LogP contribution in [0.3, 0.4) is 0 Å². The van der Waals surface area contributed by atoms with Crippen LogP contribution in [-0.2, 0) is 11.2 Å². The Bertz CT molecular complexity index is 796. The van der Waals surface area contributed by atoms with Gasteiger partial charge < -0.3 is 4.74 Å². The Morgan fingerprint density at radius 2 is 2.18 bits per heavy atom. The first-order valence-electron chi connectivity index (χ1n) is 6.55. The highest BCUT2D eigenvalue weighted by Crippen LogP contribution is 2.27. The van der Waals surface area contributed by atoms with E-state index in [9.17, 15) is 4.79 Å². The number of ether oxygens (including phenoxy) is 1.